The van der Waals surface area contributed by atoms with E-state index in [9.17, 15) is 18.0 Å². The van der Waals surface area contributed by atoms with Gasteiger partial charge in [0.2, 0.25) is 0 Å². The van der Waals surface area contributed by atoms with E-state index in [0.717, 1.165) is 16.7 Å². The molecule has 0 saturated carbocycles. The van der Waals surface area contributed by atoms with Crippen LogP contribution in [0.2, 0.25) is 0 Å². The number of rotatable bonds is 7. The van der Waals surface area contributed by atoms with Crippen molar-refractivity contribution in [1.82, 2.24) is 9.97 Å². The molecule has 0 aliphatic rings. The normalized spacial score (nSPS) is 11.7. The van der Waals surface area contributed by atoms with Gasteiger partial charge < -0.3 is 9.47 Å². The highest BCUT2D eigenvalue weighted by molar-refractivity contribution is 5.97. The van der Waals surface area contributed by atoms with Crippen LogP contribution in [0, 0.1) is 0 Å². The molecular formula is C30H40F3N3O3. The van der Waals surface area contributed by atoms with E-state index < -0.39 is 17.6 Å². The van der Waals surface area contributed by atoms with Crippen molar-refractivity contribution in [1.29, 1.82) is 0 Å². The van der Waals surface area contributed by atoms with Gasteiger partial charge in [-0.2, -0.15) is 13.2 Å². The predicted octanol–water partition coefficient (Wildman–Crippen LogP) is 7.61. The molecule has 0 saturated heterocycles. The molecule has 0 aliphatic heterocycles. The Kier molecular flexibility index (Phi) is 12.9. The molecule has 0 spiro atoms. The first-order valence-corrected chi connectivity index (χ1v) is 12.9. The van der Waals surface area contributed by atoms with Crippen LogP contribution in [0.25, 0.3) is 0 Å². The molecule has 3 rings (SSSR count). The molecular weight excluding hydrogens is 507 g/mol. The highest BCUT2D eigenvalue weighted by Gasteiger charge is 2.47. The van der Waals surface area contributed by atoms with E-state index in [4.69, 9.17) is 9.47 Å². The van der Waals surface area contributed by atoms with Gasteiger partial charge in [0.1, 0.15) is 5.82 Å². The van der Waals surface area contributed by atoms with Crippen LogP contribution < -0.4 is 14.4 Å². The Morgan fingerprint density at radius 1 is 0.872 bits per heavy atom. The molecule has 1 atom stereocenters. The van der Waals surface area contributed by atoms with Gasteiger partial charge in [0.15, 0.2) is 11.5 Å². The van der Waals surface area contributed by atoms with Gasteiger partial charge in [-0.3, -0.25) is 14.7 Å². The fourth-order valence-electron chi connectivity index (χ4n) is 3.87. The lowest BCUT2D eigenvalue weighted by atomic mass is 9.86. The average molecular weight is 548 g/mol. The van der Waals surface area contributed by atoms with E-state index >= 15 is 0 Å². The zero-order chi connectivity index (χ0) is 29.8. The number of carbonyl (C=O) groups excluding carboxylic acids is 1. The molecule has 0 radical (unpaired) electrons. The Morgan fingerprint density at radius 3 is 1.90 bits per heavy atom. The Hall–Kier alpha value is -3.62. The number of amides is 1. The molecule has 0 aliphatic carbocycles. The van der Waals surface area contributed by atoms with Gasteiger partial charge in [-0.25, -0.2) is 4.98 Å². The van der Waals surface area contributed by atoms with Crippen LogP contribution in [-0.4, -0.2) is 41.8 Å². The molecule has 1 amide bonds. The number of carbonyl (C=O) groups is 1. The Balaban J connectivity index is 0.00000181. The molecule has 39 heavy (non-hydrogen) atoms. The van der Waals surface area contributed by atoms with E-state index in [0.29, 0.717) is 22.8 Å². The molecule has 1 unspecified atom stereocenters. The first-order chi connectivity index (χ1) is 18.5. The molecule has 2 aromatic heterocycles. The number of anilines is 1. The van der Waals surface area contributed by atoms with Gasteiger partial charge in [0.25, 0.3) is 0 Å². The lowest BCUT2D eigenvalue weighted by Crippen LogP contribution is -2.52. The standard InChI is InChI=1S/C26H28F3N3O3.2C2H6/c1-25(2,3)32(24(33)26(27,28)29)23-9-7-19(16-31-23)20(14-17-10-12-30-13-11-17)18-6-8-21(34-4)22(15-18)35-5;2*1-2/h6-13,15-16,20H,14H2,1-5H3;2*1-2H3. The van der Waals surface area contributed by atoms with E-state index in [1.54, 1.807) is 38.7 Å². The van der Waals surface area contributed by atoms with E-state index in [2.05, 4.69) is 9.97 Å². The van der Waals surface area contributed by atoms with Crippen LogP contribution >= 0.6 is 0 Å². The quantitative estimate of drug-likeness (QED) is 0.305. The molecule has 6 nitrogen and oxygen atoms in total. The summed E-state index contributed by atoms with van der Waals surface area (Å²) >= 11 is 0. The summed E-state index contributed by atoms with van der Waals surface area (Å²) in [6.45, 7) is 12.6. The van der Waals surface area contributed by atoms with Gasteiger partial charge in [-0.05, 0) is 74.2 Å². The van der Waals surface area contributed by atoms with E-state index in [1.165, 1.54) is 33.0 Å². The molecule has 0 N–H and O–H groups in total. The monoisotopic (exact) mass is 547 g/mol. The summed E-state index contributed by atoms with van der Waals surface area (Å²) in [7, 11) is 3.10. The van der Waals surface area contributed by atoms with Gasteiger partial charge in [-0.1, -0.05) is 39.8 Å². The second-order valence-electron chi connectivity index (χ2n) is 8.99. The molecule has 9 heteroatoms. The fraction of sp³-hybridized carbons (Fsp3) is 0.433. The molecule has 3 aromatic rings. The summed E-state index contributed by atoms with van der Waals surface area (Å²) in [5, 5.41) is 0. The van der Waals surface area contributed by atoms with Crippen molar-refractivity contribution in [3.63, 3.8) is 0 Å². The second kappa shape index (κ2) is 15.1. The minimum atomic E-state index is -5.02. The molecule has 0 bridgehead atoms. The summed E-state index contributed by atoms with van der Waals surface area (Å²) in [4.78, 5) is 21.2. The number of halogens is 3. The Bertz CT molecular complexity index is 1150. The third-order valence-electron chi connectivity index (χ3n) is 5.52. The van der Waals surface area contributed by atoms with Crippen molar-refractivity contribution in [2.24, 2.45) is 0 Å². The number of methoxy groups -OCH3 is 2. The van der Waals surface area contributed by atoms with Crippen molar-refractivity contribution >= 4 is 11.7 Å². The van der Waals surface area contributed by atoms with Crippen molar-refractivity contribution in [3.8, 4) is 11.5 Å². The van der Waals surface area contributed by atoms with Crippen LogP contribution in [0.5, 0.6) is 11.5 Å². The summed E-state index contributed by atoms with van der Waals surface area (Å²) in [6.07, 6.45) is 0.486. The minimum Gasteiger partial charge on any atom is -0.493 e. The maximum atomic E-state index is 13.3. The Morgan fingerprint density at radius 2 is 1.44 bits per heavy atom. The molecule has 214 valence electrons. The van der Waals surface area contributed by atoms with E-state index in [-0.39, 0.29) is 11.7 Å². The number of ether oxygens (including phenoxy) is 2. The van der Waals surface area contributed by atoms with E-state index in [1.807, 2.05) is 52.0 Å². The van der Waals surface area contributed by atoms with Gasteiger partial charge in [0, 0.05) is 30.0 Å². The predicted molar refractivity (Wildman–Crippen MR) is 150 cm³/mol. The number of nitrogens with zero attached hydrogens (tertiary/aromatic N) is 3. The average Bonchev–Trinajstić information content (AvgIpc) is 2.93. The number of hydrogen-bond acceptors (Lipinski definition) is 5. The van der Waals surface area contributed by atoms with Crippen molar-refractivity contribution < 1.29 is 27.4 Å². The lowest BCUT2D eigenvalue weighted by molar-refractivity contribution is -0.171. The summed E-state index contributed by atoms with van der Waals surface area (Å²) in [5.74, 6) is -1.08. The van der Waals surface area contributed by atoms with Crippen LogP contribution in [0.1, 0.15) is 71.1 Å². The zero-order valence-corrected chi connectivity index (χ0v) is 24.3. The minimum absolute atomic E-state index is 0.0708. The highest BCUT2D eigenvalue weighted by Crippen LogP contribution is 2.36. The smallest absolute Gasteiger partial charge is 0.471 e. The Labute approximate surface area is 230 Å². The summed E-state index contributed by atoms with van der Waals surface area (Å²) in [5.41, 5.74) is 1.58. The maximum Gasteiger partial charge on any atom is 0.471 e. The van der Waals surface area contributed by atoms with Gasteiger partial charge in [-0.15, -0.1) is 0 Å². The third-order valence-corrected chi connectivity index (χ3v) is 5.52. The fourth-order valence-corrected chi connectivity index (χ4v) is 3.87. The highest BCUT2D eigenvalue weighted by atomic mass is 19.4. The molecule has 1 aromatic carbocycles. The van der Waals surface area contributed by atoms with Crippen LogP contribution in [0.4, 0.5) is 19.0 Å². The maximum absolute atomic E-state index is 13.3. The number of alkyl halides is 3. The first kappa shape index (κ1) is 33.4. The van der Waals surface area contributed by atoms with Crippen molar-refractivity contribution in [3.05, 3.63) is 77.7 Å². The van der Waals surface area contributed by atoms with Crippen LogP contribution in [-0.2, 0) is 11.2 Å². The van der Waals surface area contributed by atoms with Gasteiger partial charge in [0.05, 0.1) is 14.2 Å². The number of benzene rings is 1. The summed E-state index contributed by atoms with van der Waals surface area (Å²) < 4.78 is 50.6. The topological polar surface area (TPSA) is 64.5 Å². The van der Waals surface area contributed by atoms with Crippen molar-refractivity contribution in [2.45, 2.75) is 72.5 Å². The van der Waals surface area contributed by atoms with Gasteiger partial charge >= 0.3 is 12.1 Å². The second-order valence-corrected chi connectivity index (χ2v) is 8.99. The van der Waals surface area contributed by atoms with Crippen LogP contribution in [0.15, 0.2) is 61.1 Å². The third kappa shape index (κ3) is 8.97. The van der Waals surface area contributed by atoms with Crippen LogP contribution in [0.3, 0.4) is 0 Å². The molecule has 0 fully saturated rings. The number of aromatic nitrogens is 2. The molecule has 2 heterocycles. The summed E-state index contributed by atoms with van der Waals surface area (Å²) in [6, 6.07) is 12.5. The first-order valence-electron chi connectivity index (χ1n) is 12.9. The number of pyridine rings is 2. The lowest BCUT2D eigenvalue weighted by Gasteiger charge is -2.35. The van der Waals surface area contributed by atoms with Crippen molar-refractivity contribution in [2.75, 3.05) is 19.1 Å². The SMILES string of the molecule is CC.CC.COc1ccc(C(Cc2ccncc2)c2ccc(N(C(=O)C(F)(F)F)C(C)(C)C)nc2)cc1OC. The zero-order valence-electron chi connectivity index (χ0n) is 24.3. The number of hydrogen-bond donors (Lipinski definition) is 0. The largest absolute Gasteiger partial charge is 0.493 e.